The van der Waals surface area contributed by atoms with Gasteiger partial charge in [0.15, 0.2) is 0 Å². The Kier molecular flexibility index (Phi) is 5.28. The van der Waals surface area contributed by atoms with Gasteiger partial charge in [-0.05, 0) is 59.2 Å². The van der Waals surface area contributed by atoms with E-state index in [0.717, 1.165) is 30.8 Å². The van der Waals surface area contributed by atoms with Crippen LogP contribution in [0.25, 0.3) is 0 Å². The van der Waals surface area contributed by atoms with Crippen molar-refractivity contribution in [3.8, 4) is 5.75 Å². The smallest absolute Gasteiger partial charge is 0.124 e. The number of likely N-dealkylation sites (tertiary alicyclic amines) is 1. The molecule has 1 aromatic rings. The average Bonchev–Trinajstić information content (AvgIpc) is 3.00. The van der Waals surface area contributed by atoms with Crippen LogP contribution in [0, 0.1) is 0 Å². The van der Waals surface area contributed by atoms with E-state index in [1.54, 1.807) is 0 Å². The number of para-hydroxylation sites is 1. The van der Waals surface area contributed by atoms with Crippen LogP contribution in [0.1, 0.15) is 58.6 Å². The maximum absolute atomic E-state index is 6.72. The fraction of sp³-hybridized carbons (Fsp3) is 0.667. The second-order valence-corrected chi connectivity index (χ2v) is 6.59. The molecule has 2 rings (SSSR count). The molecule has 0 saturated carbocycles. The minimum absolute atomic E-state index is 0.00700. The molecule has 1 heterocycles. The van der Waals surface area contributed by atoms with Crippen molar-refractivity contribution in [3.63, 3.8) is 0 Å². The molecule has 2 N–H and O–H groups in total. The molecule has 1 aliphatic heterocycles. The Bertz CT molecular complexity index is 454. The van der Waals surface area contributed by atoms with Gasteiger partial charge >= 0.3 is 0 Å². The third kappa shape index (κ3) is 3.41. The standard InChI is InChI=1S/C18H30N2O/c1-5-18(4,20-12-8-9-13-20)17(19)15-10-6-7-11-16(15)21-14(2)3/h6-7,10-11,14,17H,5,8-9,12-13,19H2,1-4H3. The highest BCUT2D eigenvalue weighted by atomic mass is 16.5. The SMILES string of the molecule is CCC(C)(C(N)c1ccccc1OC(C)C)N1CCCC1. The molecule has 0 bridgehead atoms. The molecule has 2 atom stereocenters. The normalized spacial score (nSPS) is 20.5. The molecule has 118 valence electrons. The summed E-state index contributed by atoms with van der Waals surface area (Å²) in [7, 11) is 0. The lowest BCUT2D eigenvalue weighted by atomic mass is 9.83. The average molecular weight is 290 g/mol. The van der Waals surface area contributed by atoms with E-state index in [2.05, 4.69) is 44.7 Å². The van der Waals surface area contributed by atoms with Gasteiger partial charge in [-0.2, -0.15) is 0 Å². The van der Waals surface area contributed by atoms with Gasteiger partial charge in [-0.15, -0.1) is 0 Å². The summed E-state index contributed by atoms with van der Waals surface area (Å²) >= 11 is 0. The van der Waals surface area contributed by atoms with Crippen LogP contribution >= 0.6 is 0 Å². The third-order valence-electron chi connectivity index (χ3n) is 4.83. The molecule has 3 heteroatoms. The summed E-state index contributed by atoms with van der Waals surface area (Å²) in [6.45, 7) is 11.0. The van der Waals surface area contributed by atoms with Crippen molar-refractivity contribution < 1.29 is 4.74 Å². The van der Waals surface area contributed by atoms with Crippen molar-refractivity contribution in [2.45, 2.75) is 64.6 Å². The first-order valence-electron chi connectivity index (χ1n) is 8.25. The largest absolute Gasteiger partial charge is 0.491 e. The van der Waals surface area contributed by atoms with Crippen LogP contribution in [0.5, 0.6) is 5.75 Å². The topological polar surface area (TPSA) is 38.5 Å². The lowest BCUT2D eigenvalue weighted by molar-refractivity contribution is 0.0978. The molecule has 3 nitrogen and oxygen atoms in total. The van der Waals surface area contributed by atoms with E-state index in [0.29, 0.717) is 0 Å². The molecule has 0 aliphatic carbocycles. The van der Waals surface area contributed by atoms with Crippen molar-refractivity contribution in [1.82, 2.24) is 4.90 Å². The van der Waals surface area contributed by atoms with E-state index >= 15 is 0 Å². The fourth-order valence-electron chi connectivity index (χ4n) is 3.30. The summed E-state index contributed by atoms with van der Waals surface area (Å²) in [5, 5.41) is 0. The van der Waals surface area contributed by atoms with Gasteiger partial charge in [0.05, 0.1) is 12.1 Å². The first-order valence-corrected chi connectivity index (χ1v) is 8.25. The van der Waals surface area contributed by atoms with Crippen LogP contribution in [0.2, 0.25) is 0 Å². The number of nitrogens with two attached hydrogens (primary N) is 1. The number of hydrogen-bond acceptors (Lipinski definition) is 3. The first-order chi connectivity index (χ1) is 9.99. The molecule has 0 amide bonds. The van der Waals surface area contributed by atoms with Crippen molar-refractivity contribution >= 4 is 0 Å². The number of hydrogen-bond donors (Lipinski definition) is 1. The molecule has 2 unspecified atom stereocenters. The molecule has 21 heavy (non-hydrogen) atoms. The molecule has 0 spiro atoms. The van der Waals surface area contributed by atoms with Crippen molar-refractivity contribution in [3.05, 3.63) is 29.8 Å². The number of rotatable bonds is 6. The van der Waals surface area contributed by atoms with Crippen LogP contribution in [-0.2, 0) is 0 Å². The summed E-state index contributed by atoms with van der Waals surface area (Å²) < 4.78 is 5.97. The highest BCUT2D eigenvalue weighted by Crippen LogP contribution is 2.38. The van der Waals surface area contributed by atoms with Gasteiger partial charge in [-0.25, -0.2) is 0 Å². The van der Waals surface area contributed by atoms with E-state index in [-0.39, 0.29) is 17.7 Å². The monoisotopic (exact) mass is 290 g/mol. The Hall–Kier alpha value is -1.06. The molecule has 1 aliphatic rings. The van der Waals surface area contributed by atoms with Gasteiger partial charge in [-0.3, -0.25) is 4.90 Å². The number of benzene rings is 1. The lowest BCUT2D eigenvalue weighted by Gasteiger charge is -2.43. The van der Waals surface area contributed by atoms with Crippen LogP contribution in [0.4, 0.5) is 0 Å². The molecule has 1 aromatic carbocycles. The predicted molar refractivity (Wildman–Crippen MR) is 88.6 cm³/mol. The minimum Gasteiger partial charge on any atom is -0.491 e. The van der Waals surface area contributed by atoms with E-state index in [1.165, 1.54) is 12.8 Å². The van der Waals surface area contributed by atoms with E-state index in [9.17, 15) is 0 Å². The van der Waals surface area contributed by atoms with Crippen molar-refractivity contribution in [2.24, 2.45) is 5.73 Å². The minimum atomic E-state index is -0.0319. The number of nitrogens with zero attached hydrogens (tertiary/aromatic N) is 1. The summed E-state index contributed by atoms with van der Waals surface area (Å²) in [6, 6.07) is 8.20. The Balaban J connectivity index is 2.30. The Labute approximate surface area is 129 Å². The van der Waals surface area contributed by atoms with Gasteiger partial charge in [0, 0.05) is 11.1 Å². The highest BCUT2D eigenvalue weighted by Gasteiger charge is 2.39. The van der Waals surface area contributed by atoms with Crippen LogP contribution in [0.15, 0.2) is 24.3 Å². The Morgan fingerprint density at radius 3 is 2.43 bits per heavy atom. The van der Waals surface area contributed by atoms with Gasteiger partial charge in [0.2, 0.25) is 0 Å². The van der Waals surface area contributed by atoms with E-state index < -0.39 is 0 Å². The Morgan fingerprint density at radius 2 is 1.86 bits per heavy atom. The van der Waals surface area contributed by atoms with Crippen molar-refractivity contribution in [1.29, 1.82) is 0 Å². The molecular weight excluding hydrogens is 260 g/mol. The zero-order valence-corrected chi connectivity index (χ0v) is 13.9. The lowest BCUT2D eigenvalue weighted by Crippen LogP contribution is -2.51. The van der Waals surface area contributed by atoms with Gasteiger partial charge in [0.25, 0.3) is 0 Å². The summed E-state index contributed by atoms with van der Waals surface area (Å²) in [6.07, 6.45) is 3.78. The zero-order chi connectivity index (χ0) is 15.5. The van der Waals surface area contributed by atoms with Gasteiger partial charge in [-0.1, -0.05) is 25.1 Å². The highest BCUT2D eigenvalue weighted by molar-refractivity contribution is 5.38. The third-order valence-corrected chi connectivity index (χ3v) is 4.83. The second-order valence-electron chi connectivity index (χ2n) is 6.59. The van der Waals surface area contributed by atoms with E-state index in [4.69, 9.17) is 10.5 Å². The number of ether oxygens (including phenoxy) is 1. The predicted octanol–water partition coefficient (Wildman–Crippen LogP) is 3.74. The summed E-state index contributed by atoms with van der Waals surface area (Å²) in [5.74, 6) is 0.930. The molecule has 1 saturated heterocycles. The van der Waals surface area contributed by atoms with Crippen LogP contribution < -0.4 is 10.5 Å². The Morgan fingerprint density at radius 1 is 1.24 bits per heavy atom. The van der Waals surface area contributed by atoms with Crippen molar-refractivity contribution in [2.75, 3.05) is 13.1 Å². The first kappa shape index (κ1) is 16.3. The molecular formula is C18H30N2O. The van der Waals surface area contributed by atoms with Gasteiger partial charge in [0.1, 0.15) is 5.75 Å². The summed E-state index contributed by atoms with van der Waals surface area (Å²) in [5.41, 5.74) is 7.84. The van der Waals surface area contributed by atoms with Crippen LogP contribution in [0.3, 0.4) is 0 Å². The molecule has 0 aromatic heterocycles. The van der Waals surface area contributed by atoms with Crippen LogP contribution in [-0.4, -0.2) is 29.6 Å². The molecule has 0 radical (unpaired) electrons. The fourth-order valence-corrected chi connectivity index (χ4v) is 3.30. The zero-order valence-electron chi connectivity index (χ0n) is 13.9. The summed E-state index contributed by atoms with van der Waals surface area (Å²) in [4.78, 5) is 2.56. The van der Waals surface area contributed by atoms with E-state index in [1.807, 2.05) is 12.1 Å². The second kappa shape index (κ2) is 6.80. The quantitative estimate of drug-likeness (QED) is 0.867. The maximum atomic E-state index is 6.72. The maximum Gasteiger partial charge on any atom is 0.124 e. The van der Waals surface area contributed by atoms with Gasteiger partial charge < -0.3 is 10.5 Å². The molecule has 1 fully saturated rings.